The molecule has 5 nitrogen and oxygen atoms in total. The topological polar surface area (TPSA) is 54.5 Å². The van der Waals surface area contributed by atoms with Gasteiger partial charge in [-0.2, -0.15) is 0 Å². The molecule has 0 spiro atoms. The number of fused-ring (bicyclic) bond motifs is 1. The number of methoxy groups -OCH3 is 1. The number of nitrogens with zero attached hydrogens (tertiary/aromatic N) is 2. The second kappa shape index (κ2) is 8.17. The Hall–Kier alpha value is -1.63. The van der Waals surface area contributed by atoms with Crippen molar-refractivity contribution in [2.45, 2.75) is 44.5 Å². The zero-order valence-electron chi connectivity index (χ0n) is 16.2. The van der Waals surface area contributed by atoms with Gasteiger partial charge in [0.25, 0.3) is 0 Å². The van der Waals surface area contributed by atoms with Crippen LogP contribution in [-0.2, 0) is 17.5 Å². The monoisotopic (exact) mass is 407 g/mol. The van der Waals surface area contributed by atoms with Gasteiger partial charge < -0.3 is 9.64 Å². The second-order valence-electron chi connectivity index (χ2n) is 7.66. The third kappa shape index (κ3) is 4.81. The normalized spacial score (nSPS) is 18.1. The van der Waals surface area contributed by atoms with Gasteiger partial charge in [0, 0.05) is 24.7 Å². The maximum atomic E-state index is 12.6. The lowest BCUT2D eigenvalue weighted by molar-refractivity contribution is 0.414. The van der Waals surface area contributed by atoms with Gasteiger partial charge in [-0.05, 0) is 51.0 Å². The fourth-order valence-electron chi connectivity index (χ4n) is 3.04. The van der Waals surface area contributed by atoms with Crippen LogP contribution in [0.2, 0.25) is 5.15 Å². The predicted octanol–water partition coefficient (Wildman–Crippen LogP) is 4.25. The Balaban J connectivity index is 1.84. The van der Waals surface area contributed by atoms with E-state index in [0.29, 0.717) is 5.15 Å². The van der Waals surface area contributed by atoms with E-state index in [1.165, 1.54) is 5.56 Å². The van der Waals surface area contributed by atoms with Crippen LogP contribution < -0.4 is 14.4 Å². The fraction of sp³-hybridized carbons (Fsp3) is 0.450. The Morgan fingerprint density at radius 1 is 1.26 bits per heavy atom. The van der Waals surface area contributed by atoms with Gasteiger partial charge in [-0.25, -0.2) is 13.9 Å². The van der Waals surface area contributed by atoms with Gasteiger partial charge in [-0.15, -0.1) is 0 Å². The van der Waals surface area contributed by atoms with Crippen LogP contribution in [0.1, 0.15) is 44.4 Å². The van der Waals surface area contributed by atoms with Crippen molar-refractivity contribution in [1.82, 2.24) is 9.71 Å². The maximum absolute atomic E-state index is 12.6. The van der Waals surface area contributed by atoms with Crippen molar-refractivity contribution in [2.75, 3.05) is 18.6 Å². The van der Waals surface area contributed by atoms with Crippen LogP contribution in [0.3, 0.4) is 0 Å². The fourth-order valence-corrected chi connectivity index (χ4v) is 4.04. The summed E-state index contributed by atoms with van der Waals surface area (Å²) in [6, 6.07) is 11.8. The average molecular weight is 408 g/mol. The number of ether oxygens (including phenoxy) is 1. The molecule has 1 aromatic heterocycles. The highest BCUT2D eigenvalue weighted by molar-refractivity contribution is 7.84. The minimum Gasteiger partial charge on any atom is -0.497 e. The summed E-state index contributed by atoms with van der Waals surface area (Å²) >= 11 is 6.18. The Bertz CT molecular complexity index is 821. The number of pyridine rings is 1. The molecule has 0 bridgehead atoms. The first kappa shape index (κ1) is 20.1. The Morgan fingerprint density at radius 2 is 1.96 bits per heavy atom. The van der Waals surface area contributed by atoms with Crippen LogP contribution in [0.25, 0.3) is 0 Å². The molecule has 27 heavy (non-hydrogen) atoms. The molecule has 3 rings (SSSR count). The van der Waals surface area contributed by atoms with Gasteiger partial charge >= 0.3 is 0 Å². The number of hydrogen-bond acceptors (Lipinski definition) is 4. The average Bonchev–Trinajstić information content (AvgIpc) is 2.63. The molecule has 1 aliphatic rings. The van der Waals surface area contributed by atoms with Crippen molar-refractivity contribution >= 4 is 28.4 Å². The second-order valence-corrected chi connectivity index (χ2v) is 10.0. The number of anilines is 1. The Morgan fingerprint density at radius 3 is 2.59 bits per heavy atom. The smallest absolute Gasteiger partial charge is 0.135 e. The summed E-state index contributed by atoms with van der Waals surface area (Å²) in [7, 11) is 0.520. The molecule has 1 N–H and O–H groups in total. The van der Waals surface area contributed by atoms with Gasteiger partial charge in [-0.1, -0.05) is 29.8 Å². The Kier molecular flexibility index (Phi) is 6.08. The summed E-state index contributed by atoms with van der Waals surface area (Å²) in [4.78, 5) is 6.80. The summed E-state index contributed by atoms with van der Waals surface area (Å²) < 4.78 is 20.8. The first-order valence-electron chi connectivity index (χ1n) is 9.00. The molecule has 7 heteroatoms. The quantitative estimate of drug-likeness (QED) is 0.753. The summed E-state index contributed by atoms with van der Waals surface area (Å²) in [5.74, 6) is 1.70. The SMILES string of the molecule is COc1ccc(CN2CCC(NS(=O)C(C)(C)C)c3ccc(Cl)nc32)cc1. The number of aromatic nitrogens is 1. The van der Waals surface area contributed by atoms with E-state index in [9.17, 15) is 4.21 Å². The molecule has 1 aromatic carbocycles. The molecule has 0 saturated carbocycles. The number of rotatable bonds is 5. The molecule has 2 atom stereocenters. The lowest BCUT2D eigenvalue weighted by Gasteiger charge is -2.36. The van der Waals surface area contributed by atoms with Crippen LogP contribution in [0.4, 0.5) is 5.82 Å². The lowest BCUT2D eigenvalue weighted by Crippen LogP contribution is -2.40. The standard InChI is InChI=1S/C20H26ClN3O2S/c1-20(2,3)27(25)23-17-11-12-24(19-16(17)9-10-18(21)22-19)13-14-5-7-15(26-4)8-6-14/h5-10,17,23H,11-13H2,1-4H3. The van der Waals surface area contributed by atoms with E-state index in [-0.39, 0.29) is 10.8 Å². The predicted molar refractivity (Wildman–Crippen MR) is 112 cm³/mol. The maximum Gasteiger partial charge on any atom is 0.135 e. The molecule has 146 valence electrons. The van der Waals surface area contributed by atoms with Crippen molar-refractivity contribution < 1.29 is 8.95 Å². The summed E-state index contributed by atoms with van der Waals surface area (Å²) in [6.45, 7) is 7.45. The number of nitrogens with one attached hydrogen (secondary N) is 1. The van der Waals surface area contributed by atoms with Crippen LogP contribution in [0, 0.1) is 0 Å². The van der Waals surface area contributed by atoms with E-state index < -0.39 is 11.0 Å². The number of halogens is 1. The zero-order chi connectivity index (χ0) is 19.6. The summed E-state index contributed by atoms with van der Waals surface area (Å²) in [5.41, 5.74) is 2.21. The third-order valence-corrected chi connectivity index (χ3v) is 6.39. The van der Waals surface area contributed by atoms with E-state index in [0.717, 1.165) is 36.6 Å². The summed E-state index contributed by atoms with van der Waals surface area (Å²) in [5, 5.41) is 0.464. The van der Waals surface area contributed by atoms with Gasteiger partial charge in [0.2, 0.25) is 0 Å². The van der Waals surface area contributed by atoms with E-state index in [1.807, 2.05) is 39.0 Å². The lowest BCUT2D eigenvalue weighted by atomic mass is 10.00. The van der Waals surface area contributed by atoms with Crippen molar-refractivity contribution in [1.29, 1.82) is 0 Å². The van der Waals surface area contributed by atoms with E-state index in [4.69, 9.17) is 16.3 Å². The molecular formula is C20H26ClN3O2S. The molecule has 0 amide bonds. The molecule has 0 fully saturated rings. The zero-order valence-corrected chi connectivity index (χ0v) is 17.7. The largest absolute Gasteiger partial charge is 0.497 e. The highest BCUT2D eigenvalue weighted by atomic mass is 35.5. The van der Waals surface area contributed by atoms with Crippen LogP contribution in [0.5, 0.6) is 5.75 Å². The number of hydrogen-bond donors (Lipinski definition) is 1. The molecular weight excluding hydrogens is 382 g/mol. The van der Waals surface area contributed by atoms with E-state index >= 15 is 0 Å². The first-order valence-corrected chi connectivity index (χ1v) is 10.5. The van der Waals surface area contributed by atoms with Gasteiger partial charge in [0.05, 0.1) is 22.8 Å². The highest BCUT2D eigenvalue weighted by Crippen LogP contribution is 2.35. The molecule has 0 aliphatic carbocycles. The van der Waals surface area contributed by atoms with Crippen LogP contribution in [-0.4, -0.2) is 27.6 Å². The highest BCUT2D eigenvalue weighted by Gasteiger charge is 2.30. The van der Waals surface area contributed by atoms with Crippen molar-refractivity contribution in [3.05, 3.63) is 52.7 Å². The van der Waals surface area contributed by atoms with Crippen molar-refractivity contribution in [3.8, 4) is 5.75 Å². The third-order valence-electron chi connectivity index (χ3n) is 4.57. The van der Waals surface area contributed by atoms with Crippen LogP contribution >= 0.6 is 11.6 Å². The van der Waals surface area contributed by atoms with Gasteiger partial charge in [0.15, 0.2) is 0 Å². The minimum atomic E-state index is -1.14. The van der Waals surface area contributed by atoms with E-state index in [1.54, 1.807) is 13.2 Å². The number of benzene rings is 1. The summed E-state index contributed by atoms with van der Waals surface area (Å²) in [6.07, 6.45) is 0.855. The van der Waals surface area contributed by atoms with Crippen molar-refractivity contribution in [3.63, 3.8) is 0 Å². The van der Waals surface area contributed by atoms with Crippen LogP contribution in [0.15, 0.2) is 36.4 Å². The van der Waals surface area contributed by atoms with Gasteiger partial charge in [0.1, 0.15) is 16.7 Å². The Labute approximate surface area is 168 Å². The van der Waals surface area contributed by atoms with Crippen molar-refractivity contribution in [2.24, 2.45) is 0 Å². The molecule has 1 aliphatic heterocycles. The van der Waals surface area contributed by atoms with E-state index in [2.05, 4.69) is 26.7 Å². The molecule has 0 radical (unpaired) electrons. The molecule has 2 aromatic rings. The molecule has 0 saturated heterocycles. The minimum absolute atomic E-state index is 0.00283. The molecule has 2 unspecified atom stereocenters. The first-order chi connectivity index (χ1) is 12.8. The van der Waals surface area contributed by atoms with Gasteiger partial charge in [-0.3, -0.25) is 0 Å². The molecule has 2 heterocycles.